The second kappa shape index (κ2) is 9.91. The lowest BCUT2D eigenvalue weighted by atomic mass is 9.76. The number of nitrogens with two attached hydrogens (primary N) is 1. The zero-order valence-electron chi connectivity index (χ0n) is 20.1. The Morgan fingerprint density at radius 2 is 1.58 bits per heavy atom. The average molecular weight is 475 g/mol. The van der Waals surface area contributed by atoms with E-state index in [0.29, 0.717) is 23.4 Å². The molecule has 36 heavy (non-hydrogen) atoms. The van der Waals surface area contributed by atoms with Gasteiger partial charge in [-0.15, -0.1) is 5.10 Å². The highest BCUT2D eigenvalue weighted by Crippen LogP contribution is 2.41. The number of nitrogens with one attached hydrogen (secondary N) is 2. The van der Waals surface area contributed by atoms with Gasteiger partial charge >= 0.3 is 0 Å². The summed E-state index contributed by atoms with van der Waals surface area (Å²) in [6.45, 7) is 0.871. The SMILES string of the molecule is Nc1cc(C(CCN[C@@H]2CC[C@@H](c3ccccc3)c3ccccc32)c2ccccc2)c2n[nH]nc2n1. The van der Waals surface area contributed by atoms with Crippen LogP contribution in [0.2, 0.25) is 0 Å². The summed E-state index contributed by atoms with van der Waals surface area (Å²) in [6.07, 6.45) is 3.17. The molecule has 0 fully saturated rings. The van der Waals surface area contributed by atoms with Crippen LogP contribution in [-0.2, 0) is 0 Å². The normalized spacial score (nSPS) is 18.1. The molecule has 0 saturated carbocycles. The number of aromatic nitrogens is 4. The number of anilines is 1. The molecule has 5 aromatic rings. The summed E-state index contributed by atoms with van der Waals surface area (Å²) in [6, 6.07) is 32.7. The second-order valence-electron chi connectivity index (χ2n) is 9.56. The van der Waals surface area contributed by atoms with Gasteiger partial charge in [0.05, 0.1) is 0 Å². The summed E-state index contributed by atoms with van der Waals surface area (Å²) in [5, 5.41) is 15.2. The Kier molecular flexibility index (Phi) is 6.18. The Morgan fingerprint density at radius 1 is 0.861 bits per heavy atom. The van der Waals surface area contributed by atoms with E-state index in [-0.39, 0.29) is 5.92 Å². The molecular formula is C30H30N6. The Labute approximate surface area is 211 Å². The molecule has 3 aromatic carbocycles. The van der Waals surface area contributed by atoms with Crippen LogP contribution in [0.5, 0.6) is 0 Å². The fourth-order valence-electron chi connectivity index (χ4n) is 5.77. The first-order chi connectivity index (χ1) is 17.8. The van der Waals surface area contributed by atoms with E-state index >= 15 is 0 Å². The Balaban J connectivity index is 1.25. The highest BCUT2D eigenvalue weighted by atomic mass is 15.3. The molecule has 2 heterocycles. The molecule has 0 spiro atoms. The highest BCUT2D eigenvalue weighted by molar-refractivity contribution is 5.77. The first-order valence-electron chi connectivity index (χ1n) is 12.7. The maximum absolute atomic E-state index is 6.15. The molecule has 6 rings (SSSR count). The van der Waals surface area contributed by atoms with Crippen molar-refractivity contribution < 1.29 is 0 Å². The third kappa shape index (κ3) is 4.36. The summed E-state index contributed by atoms with van der Waals surface area (Å²) in [4.78, 5) is 4.34. The zero-order valence-corrected chi connectivity index (χ0v) is 20.1. The van der Waals surface area contributed by atoms with E-state index in [1.165, 1.54) is 22.3 Å². The number of H-pyrrole nitrogens is 1. The van der Waals surface area contributed by atoms with Gasteiger partial charge < -0.3 is 11.1 Å². The van der Waals surface area contributed by atoms with E-state index in [1.54, 1.807) is 0 Å². The molecule has 2 aromatic heterocycles. The van der Waals surface area contributed by atoms with E-state index in [2.05, 4.69) is 105 Å². The summed E-state index contributed by atoms with van der Waals surface area (Å²) >= 11 is 0. The number of pyridine rings is 1. The van der Waals surface area contributed by atoms with Gasteiger partial charge in [-0.3, -0.25) is 0 Å². The van der Waals surface area contributed by atoms with Crippen LogP contribution in [-0.4, -0.2) is 26.9 Å². The molecule has 0 aliphatic heterocycles. The molecule has 1 aliphatic carbocycles. The molecule has 0 radical (unpaired) electrons. The standard InChI is InChI=1S/C30H30N6/c31-28-19-26(29-30(33-28)35-36-34-29)23(21-11-5-2-6-12-21)17-18-32-27-16-15-22(20-9-3-1-4-10-20)24-13-7-8-14-25(24)27/h1-14,19,22-23,27,32H,15-18H2,(H3,31,33,34,35,36)/t22-,23?,27+/m0/s1. The fraction of sp³-hybridized carbons (Fsp3) is 0.233. The van der Waals surface area contributed by atoms with Gasteiger partial charge in [0.1, 0.15) is 11.3 Å². The minimum Gasteiger partial charge on any atom is -0.384 e. The number of nitrogens with zero attached hydrogens (tertiary/aromatic N) is 3. The Bertz CT molecular complexity index is 1450. The average Bonchev–Trinajstić information content (AvgIpc) is 3.40. The lowest BCUT2D eigenvalue weighted by Crippen LogP contribution is -2.28. The van der Waals surface area contributed by atoms with Gasteiger partial charge in [0.15, 0.2) is 0 Å². The van der Waals surface area contributed by atoms with Crippen molar-refractivity contribution in [1.82, 2.24) is 25.7 Å². The van der Waals surface area contributed by atoms with Crippen LogP contribution in [0.3, 0.4) is 0 Å². The third-order valence-electron chi connectivity index (χ3n) is 7.44. The summed E-state index contributed by atoms with van der Waals surface area (Å²) in [7, 11) is 0. The van der Waals surface area contributed by atoms with Crippen LogP contribution in [0.1, 0.15) is 65.0 Å². The van der Waals surface area contributed by atoms with E-state index in [4.69, 9.17) is 5.73 Å². The largest absolute Gasteiger partial charge is 0.384 e. The summed E-state index contributed by atoms with van der Waals surface area (Å²) < 4.78 is 0. The van der Waals surface area contributed by atoms with Gasteiger partial charge in [-0.1, -0.05) is 84.9 Å². The topological polar surface area (TPSA) is 92.5 Å². The van der Waals surface area contributed by atoms with Crippen molar-refractivity contribution in [1.29, 1.82) is 0 Å². The molecule has 0 amide bonds. The van der Waals surface area contributed by atoms with Crippen molar-refractivity contribution in [2.75, 3.05) is 12.3 Å². The summed E-state index contributed by atoms with van der Waals surface area (Å²) in [5.74, 6) is 1.05. The first kappa shape index (κ1) is 22.4. The smallest absolute Gasteiger partial charge is 0.203 e. The van der Waals surface area contributed by atoms with E-state index in [1.807, 2.05) is 12.1 Å². The van der Waals surface area contributed by atoms with Gasteiger partial charge in [-0.25, -0.2) is 4.98 Å². The predicted octanol–water partition coefficient (Wildman–Crippen LogP) is 5.71. The number of nitrogen functional groups attached to an aromatic ring is 1. The van der Waals surface area contributed by atoms with Crippen LogP contribution < -0.4 is 11.1 Å². The van der Waals surface area contributed by atoms with Crippen molar-refractivity contribution in [2.24, 2.45) is 0 Å². The fourth-order valence-corrected chi connectivity index (χ4v) is 5.77. The Morgan fingerprint density at radius 3 is 2.39 bits per heavy atom. The molecule has 0 saturated heterocycles. The lowest BCUT2D eigenvalue weighted by molar-refractivity contribution is 0.433. The molecule has 4 N–H and O–H groups in total. The minimum atomic E-state index is 0.132. The van der Waals surface area contributed by atoms with Gasteiger partial charge in [-0.05, 0) is 59.7 Å². The number of aromatic amines is 1. The molecule has 6 nitrogen and oxygen atoms in total. The molecule has 180 valence electrons. The number of hydrogen-bond acceptors (Lipinski definition) is 5. The number of rotatable bonds is 7. The quantitative estimate of drug-likeness (QED) is 0.281. The highest BCUT2D eigenvalue weighted by Gasteiger charge is 2.28. The van der Waals surface area contributed by atoms with Crippen molar-refractivity contribution >= 4 is 17.0 Å². The van der Waals surface area contributed by atoms with Crippen molar-refractivity contribution in [3.63, 3.8) is 0 Å². The summed E-state index contributed by atoms with van der Waals surface area (Å²) in [5.41, 5.74) is 14.1. The van der Waals surface area contributed by atoms with Crippen LogP contribution in [0.15, 0.2) is 91.0 Å². The van der Waals surface area contributed by atoms with E-state index in [0.717, 1.165) is 36.9 Å². The van der Waals surface area contributed by atoms with E-state index in [9.17, 15) is 0 Å². The van der Waals surface area contributed by atoms with Gasteiger partial charge in [-0.2, -0.15) is 10.3 Å². The van der Waals surface area contributed by atoms with Crippen molar-refractivity contribution in [3.8, 4) is 0 Å². The molecule has 1 unspecified atom stereocenters. The van der Waals surface area contributed by atoms with Crippen molar-refractivity contribution in [2.45, 2.75) is 37.1 Å². The van der Waals surface area contributed by atoms with Crippen LogP contribution in [0.25, 0.3) is 11.2 Å². The predicted molar refractivity (Wildman–Crippen MR) is 144 cm³/mol. The third-order valence-corrected chi connectivity index (χ3v) is 7.44. The van der Waals surface area contributed by atoms with Gasteiger partial charge in [0, 0.05) is 17.9 Å². The van der Waals surface area contributed by atoms with E-state index < -0.39 is 0 Å². The maximum Gasteiger partial charge on any atom is 0.203 e. The van der Waals surface area contributed by atoms with Crippen LogP contribution in [0.4, 0.5) is 5.82 Å². The maximum atomic E-state index is 6.15. The molecule has 0 bridgehead atoms. The monoisotopic (exact) mass is 474 g/mol. The molecule has 3 atom stereocenters. The molecule has 1 aliphatic rings. The van der Waals surface area contributed by atoms with Crippen molar-refractivity contribution in [3.05, 3.63) is 119 Å². The Hall–Kier alpha value is -4.03. The van der Waals surface area contributed by atoms with Crippen LogP contribution >= 0.6 is 0 Å². The van der Waals surface area contributed by atoms with Crippen LogP contribution in [0, 0.1) is 0 Å². The second-order valence-corrected chi connectivity index (χ2v) is 9.56. The first-order valence-corrected chi connectivity index (χ1v) is 12.7. The number of fused-ring (bicyclic) bond motifs is 2. The molecular weight excluding hydrogens is 444 g/mol. The number of hydrogen-bond donors (Lipinski definition) is 3. The molecule has 6 heteroatoms. The lowest BCUT2D eigenvalue weighted by Gasteiger charge is -2.33. The minimum absolute atomic E-state index is 0.132. The number of benzene rings is 3. The zero-order chi connectivity index (χ0) is 24.3. The van der Waals surface area contributed by atoms with Gasteiger partial charge in [0.25, 0.3) is 0 Å². The van der Waals surface area contributed by atoms with Gasteiger partial charge in [0.2, 0.25) is 5.65 Å².